The summed E-state index contributed by atoms with van der Waals surface area (Å²) in [6, 6.07) is 5.72. The van der Waals surface area contributed by atoms with E-state index in [0.717, 1.165) is 5.00 Å². The predicted octanol–water partition coefficient (Wildman–Crippen LogP) is 0.982. The zero-order valence-corrected chi connectivity index (χ0v) is 10.9. The molecule has 96 valence electrons. The first-order valence-corrected chi connectivity index (χ1v) is 6.41. The minimum Gasteiger partial charge on any atom is -0.468 e. The average molecular weight is 266 g/mol. The number of carbonyl (C=O) groups is 1. The summed E-state index contributed by atoms with van der Waals surface area (Å²) in [7, 11) is 1.33. The highest BCUT2D eigenvalue weighted by molar-refractivity contribution is 7.16. The number of methoxy groups -OCH3 is 1. The first-order chi connectivity index (χ1) is 8.65. The molecular weight excluding hydrogens is 252 g/mol. The summed E-state index contributed by atoms with van der Waals surface area (Å²) in [5.74, 6) is -0.371. The SMILES string of the molecule is COC(=O)C1(CO)CCN(c2ccc(C#N)s2)C1. The van der Waals surface area contributed by atoms with Crippen molar-refractivity contribution in [3.05, 3.63) is 17.0 Å². The largest absolute Gasteiger partial charge is 0.468 e. The monoisotopic (exact) mass is 266 g/mol. The van der Waals surface area contributed by atoms with Gasteiger partial charge in [0, 0.05) is 13.1 Å². The van der Waals surface area contributed by atoms with Crippen LogP contribution in [0, 0.1) is 16.7 Å². The molecule has 1 aliphatic rings. The van der Waals surface area contributed by atoms with E-state index in [9.17, 15) is 9.90 Å². The van der Waals surface area contributed by atoms with E-state index >= 15 is 0 Å². The summed E-state index contributed by atoms with van der Waals surface area (Å²) in [5, 5.41) is 19.2. The van der Waals surface area contributed by atoms with Gasteiger partial charge in [0.05, 0.1) is 18.7 Å². The molecule has 1 fully saturated rings. The number of aliphatic hydroxyl groups is 1. The summed E-state index contributed by atoms with van der Waals surface area (Å²) < 4.78 is 4.76. The molecule has 0 saturated carbocycles. The minimum atomic E-state index is -0.828. The van der Waals surface area contributed by atoms with Crippen LogP contribution in [0.15, 0.2) is 12.1 Å². The molecular formula is C12H14N2O3S. The Hall–Kier alpha value is -1.58. The maximum Gasteiger partial charge on any atom is 0.316 e. The van der Waals surface area contributed by atoms with Gasteiger partial charge in [0.15, 0.2) is 0 Å². The van der Waals surface area contributed by atoms with E-state index in [4.69, 9.17) is 10.00 Å². The zero-order valence-electron chi connectivity index (χ0n) is 10.0. The Bertz CT molecular complexity index is 494. The Morgan fingerprint density at radius 1 is 1.72 bits per heavy atom. The topological polar surface area (TPSA) is 73.6 Å². The lowest BCUT2D eigenvalue weighted by molar-refractivity contribution is -0.153. The van der Waals surface area contributed by atoms with Crippen molar-refractivity contribution in [1.29, 1.82) is 5.26 Å². The van der Waals surface area contributed by atoms with Gasteiger partial charge in [-0.3, -0.25) is 4.79 Å². The van der Waals surface area contributed by atoms with E-state index in [2.05, 4.69) is 6.07 Å². The molecule has 1 atom stereocenters. The van der Waals surface area contributed by atoms with Gasteiger partial charge in [-0.2, -0.15) is 5.26 Å². The highest BCUT2D eigenvalue weighted by Crippen LogP contribution is 2.37. The van der Waals surface area contributed by atoms with Crippen LogP contribution < -0.4 is 4.90 Å². The smallest absolute Gasteiger partial charge is 0.316 e. The van der Waals surface area contributed by atoms with E-state index < -0.39 is 5.41 Å². The van der Waals surface area contributed by atoms with E-state index in [1.54, 1.807) is 6.07 Å². The van der Waals surface area contributed by atoms with Gasteiger partial charge in [-0.1, -0.05) is 0 Å². The highest BCUT2D eigenvalue weighted by atomic mass is 32.1. The molecule has 5 nitrogen and oxygen atoms in total. The maximum atomic E-state index is 11.7. The van der Waals surface area contributed by atoms with Crippen LogP contribution in [-0.2, 0) is 9.53 Å². The Morgan fingerprint density at radius 3 is 3.06 bits per heavy atom. The predicted molar refractivity (Wildman–Crippen MR) is 67.4 cm³/mol. The normalized spacial score (nSPS) is 22.8. The van der Waals surface area contributed by atoms with Gasteiger partial charge in [-0.05, 0) is 18.6 Å². The summed E-state index contributed by atoms with van der Waals surface area (Å²) in [6.07, 6.45) is 0.565. The van der Waals surface area contributed by atoms with Gasteiger partial charge >= 0.3 is 5.97 Å². The lowest BCUT2D eigenvalue weighted by Gasteiger charge is -2.24. The fraction of sp³-hybridized carbons (Fsp3) is 0.500. The highest BCUT2D eigenvalue weighted by Gasteiger charge is 2.45. The average Bonchev–Trinajstić information content (AvgIpc) is 3.04. The fourth-order valence-corrected chi connectivity index (χ4v) is 3.02. The molecule has 2 rings (SSSR count). The molecule has 1 aromatic heterocycles. The molecule has 0 spiro atoms. The Kier molecular flexibility index (Phi) is 3.55. The molecule has 1 aromatic rings. The molecule has 0 aliphatic carbocycles. The molecule has 0 aromatic carbocycles. The fourth-order valence-electron chi connectivity index (χ4n) is 2.19. The molecule has 18 heavy (non-hydrogen) atoms. The van der Waals surface area contributed by atoms with Crippen LogP contribution in [0.5, 0.6) is 0 Å². The van der Waals surface area contributed by atoms with E-state index in [0.29, 0.717) is 24.4 Å². The van der Waals surface area contributed by atoms with Crippen LogP contribution in [0.2, 0.25) is 0 Å². The number of thiophene rings is 1. The van der Waals surface area contributed by atoms with E-state index in [1.807, 2.05) is 11.0 Å². The molecule has 0 bridgehead atoms. The number of rotatable bonds is 3. The van der Waals surface area contributed by atoms with Crippen molar-refractivity contribution in [1.82, 2.24) is 0 Å². The lowest BCUT2D eigenvalue weighted by Crippen LogP contribution is -2.38. The molecule has 2 heterocycles. The van der Waals surface area contributed by atoms with Crippen LogP contribution in [-0.4, -0.2) is 37.9 Å². The maximum absolute atomic E-state index is 11.7. The summed E-state index contributed by atoms with van der Waals surface area (Å²) in [4.78, 5) is 14.4. The van der Waals surface area contributed by atoms with Crippen molar-refractivity contribution in [2.24, 2.45) is 5.41 Å². The van der Waals surface area contributed by atoms with Crippen molar-refractivity contribution < 1.29 is 14.6 Å². The van der Waals surface area contributed by atoms with Crippen molar-refractivity contribution in [3.63, 3.8) is 0 Å². The van der Waals surface area contributed by atoms with Crippen LogP contribution in [0.3, 0.4) is 0 Å². The van der Waals surface area contributed by atoms with Crippen LogP contribution in [0.25, 0.3) is 0 Å². The Balaban J connectivity index is 2.16. The van der Waals surface area contributed by atoms with Gasteiger partial charge < -0.3 is 14.7 Å². The lowest BCUT2D eigenvalue weighted by atomic mass is 9.88. The first kappa shape index (κ1) is 12.9. The molecule has 1 unspecified atom stereocenters. The van der Waals surface area contributed by atoms with Gasteiger partial charge in [0.1, 0.15) is 16.4 Å². The van der Waals surface area contributed by atoms with Gasteiger partial charge in [-0.25, -0.2) is 0 Å². The number of carbonyl (C=O) groups excluding carboxylic acids is 1. The van der Waals surface area contributed by atoms with Crippen molar-refractivity contribution in [3.8, 4) is 6.07 Å². The molecule has 1 N–H and O–H groups in total. The number of hydrogen-bond acceptors (Lipinski definition) is 6. The zero-order chi connectivity index (χ0) is 13.2. The number of esters is 1. The third kappa shape index (κ3) is 2.07. The molecule has 1 aliphatic heterocycles. The second-order valence-corrected chi connectivity index (χ2v) is 5.41. The first-order valence-electron chi connectivity index (χ1n) is 5.59. The molecule has 0 amide bonds. The van der Waals surface area contributed by atoms with Crippen molar-refractivity contribution in [2.75, 3.05) is 31.7 Å². The van der Waals surface area contributed by atoms with E-state index in [-0.39, 0.29) is 12.6 Å². The minimum absolute atomic E-state index is 0.216. The van der Waals surface area contributed by atoms with Crippen LogP contribution >= 0.6 is 11.3 Å². The molecule has 1 saturated heterocycles. The summed E-state index contributed by atoms with van der Waals surface area (Å²) in [5.41, 5.74) is -0.828. The molecule has 6 heteroatoms. The Morgan fingerprint density at radius 2 is 2.50 bits per heavy atom. The van der Waals surface area contributed by atoms with Gasteiger partial charge in [0.25, 0.3) is 0 Å². The number of anilines is 1. The number of hydrogen-bond donors (Lipinski definition) is 1. The van der Waals surface area contributed by atoms with Crippen LogP contribution in [0.4, 0.5) is 5.00 Å². The van der Waals surface area contributed by atoms with E-state index in [1.165, 1.54) is 18.4 Å². The molecule has 0 radical (unpaired) electrons. The van der Waals surface area contributed by atoms with Crippen LogP contribution in [0.1, 0.15) is 11.3 Å². The number of nitrogens with zero attached hydrogens (tertiary/aromatic N) is 2. The number of ether oxygens (including phenoxy) is 1. The third-order valence-corrected chi connectivity index (χ3v) is 4.34. The summed E-state index contributed by atoms with van der Waals surface area (Å²) >= 11 is 1.39. The van der Waals surface area contributed by atoms with Gasteiger partial charge in [0.2, 0.25) is 0 Å². The summed E-state index contributed by atoms with van der Waals surface area (Å²) in [6.45, 7) is 0.898. The Labute approximate surface area is 109 Å². The van der Waals surface area contributed by atoms with Crippen molar-refractivity contribution >= 4 is 22.3 Å². The number of aliphatic hydroxyl groups excluding tert-OH is 1. The number of nitriles is 1. The van der Waals surface area contributed by atoms with Crippen molar-refractivity contribution in [2.45, 2.75) is 6.42 Å². The second kappa shape index (κ2) is 4.96. The third-order valence-electron chi connectivity index (χ3n) is 3.29. The second-order valence-electron chi connectivity index (χ2n) is 4.35. The standard InChI is InChI=1S/C12H14N2O3S/c1-17-11(16)12(8-15)4-5-14(7-12)10-3-2-9(6-13)18-10/h2-3,15H,4-5,7-8H2,1H3. The van der Waals surface area contributed by atoms with Gasteiger partial charge in [-0.15, -0.1) is 11.3 Å². The quantitative estimate of drug-likeness (QED) is 0.826.